The van der Waals surface area contributed by atoms with Gasteiger partial charge in [-0.2, -0.15) is 0 Å². The Morgan fingerprint density at radius 2 is 2.21 bits per heavy atom. The molecule has 1 aromatic heterocycles. The summed E-state index contributed by atoms with van der Waals surface area (Å²) in [4.78, 5) is 32.6. The molecule has 28 heavy (non-hydrogen) atoms. The van der Waals surface area contributed by atoms with E-state index in [0.29, 0.717) is 31.6 Å². The molecule has 1 N–H and O–H groups in total. The number of anilines is 1. The molecule has 0 radical (unpaired) electrons. The number of halogens is 1. The molecule has 0 spiro atoms. The third-order valence-electron chi connectivity index (χ3n) is 5.50. The molecule has 0 bridgehead atoms. The maximum absolute atomic E-state index is 13.9. The van der Waals surface area contributed by atoms with Gasteiger partial charge in [-0.3, -0.25) is 9.59 Å². The van der Waals surface area contributed by atoms with Crippen LogP contribution in [0.3, 0.4) is 0 Å². The van der Waals surface area contributed by atoms with Crippen LogP contribution in [0.25, 0.3) is 10.2 Å². The van der Waals surface area contributed by atoms with Crippen LogP contribution >= 0.6 is 11.3 Å². The number of thiazole rings is 1. The smallest absolute Gasteiger partial charge is 0.224 e. The predicted molar refractivity (Wildman–Crippen MR) is 108 cm³/mol. The molecular formula is C20H25FN4O2S. The lowest BCUT2D eigenvalue weighted by Gasteiger charge is -2.31. The number of rotatable bonds is 6. The highest BCUT2D eigenvalue weighted by Gasteiger charge is 2.27. The fraction of sp³-hybridized carbons (Fsp3) is 0.550. The van der Waals surface area contributed by atoms with Gasteiger partial charge in [-0.05, 0) is 37.8 Å². The summed E-state index contributed by atoms with van der Waals surface area (Å²) in [6.07, 6.45) is 4.15. The number of nitrogens with one attached hydrogen (secondary N) is 1. The van der Waals surface area contributed by atoms with Gasteiger partial charge in [-0.1, -0.05) is 17.4 Å². The maximum Gasteiger partial charge on any atom is 0.224 e. The van der Waals surface area contributed by atoms with Crippen LogP contribution in [0.2, 0.25) is 0 Å². The Kier molecular flexibility index (Phi) is 5.75. The Morgan fingerprint density at radius 1 is 1.32 bits per heavy atom. The van der Waals surface area contributed by atoms with Crippen molar-refractivity contribution in [3.63, 3.8) is 0 Å². The first-order valence-electron chi connectivity index (χ1n) is 9.97. The van der Waals surface area contributed by atoms with Gasteiger partial charge in [-0.15, -0.1) is 0 Å². The molecule has 2 aromatic rings. The molecule has 2 aliphatic heterocycles. The Labute approximate surface area is 167 Å². The number of hydrogen-bond acceptors (Lipinski definition) is 5. The molecular weight excluding hydrogens is 379 g/mol. The minimum Gasteiger partial charge on any atom is -0.356 e. The van der Waals surface area contributed by atoms with Gasteiger partial charge >= 0.3 is 0 Å². The van der Waals surface area contributed by atoms with Crippen molar-refractivity contribution < 1.29 is 14.0 Å². The second-order valence-corrected chi connectivity index (χ2v) is 8.51. The van der Waals surface area contributed by atoms with E-state index in [4.69, 9.17) is 0 Å². The van der Waals surface area contributed by atoms with Crippen molar-refractivity contribution in [2.75, 3.05) is 37.6 Å². The quantitative estimate of drug-likeness (QED) is 0.752. The number of nitrogens with zero attached hydrogens (tertiary/aromatic N) is 3. The minimum absolute atomic E-state index is 0.0599. The highest BCUT2D eigenvalue weighted by atomic mass is 32.1. The van der Waals surface area contributed by atoms with E-state index < -0.39 is 0 Å². The number of benzene rings is 1. The first-order chi connectivity index (χ1) is 13.6. The maximum atomic E-state index is 13.9. The van der Waals surface area contributed by atoms with E-state index in [9.17, 15) is 14.0 Å². The number of piperidine rings is 1. The zero-order valence-electron chi connectivity index (χ0n) is 15.8. The summed E-state index contributed by atoms with van der Waals surface area (Å²) in [5, 5.41) is 3.80. The molecule has 2 fully saturated rings. The van der Waals surface area contributed by atoms with Gasteiger partial charge in [-0.25, -0.2) is 9.37 Å². The van der Waals surface area contributed by atoms with E-state index in [0.717, 1.165) is 48.6 Å². The fourth-order valence-corrected chi connectivity index (χ4v) is 4.98. The van der Waals surface area contributed by atoms with Crippen molar-refractivity contribution in [1.29, 1.82) is 0 Å². The standard InChI is InChI=1S/C20H25FN4O2S/c21-15-6-1-7-16-18(15)23-20(28-16)25-11-2-5-14(13-25)19(27)22-9-4-12-24-10-3-8-17(24)26/h1,6-7,14H,2-5,8-13H2,(H,22,27). The Balaban J connectivity index is 1.29. The highest BCUT2D eigenvalue weighted by molar-refractivity contribution is 7.22. The molecule has 150 valence electrons. The Bertz CT molecular complexity index is 871. The third kappa shape index (κ3) is 4.11. The Morgan fingerprint density at radius 3 is 3.00 bits per heavy atom. The minimum atomic E-state index is -0.303. The van der Waals surface area contributed by atoms with Crippen molar-refractivity contribution in [3.05, 3.63) is 24.0 Å². The van der Waals surface area contributed by atoms with E-state index >= 15 is 0 Å². The van der Waals surface area contributed by atoms with E-state index in [1.165, 1.54) is 17.4 Å². The van der Waals surface area contributed by atoms with Gasteiger partial charge in [0.05, 0.1) is 10.6 Å². The highest BCUT2D eigenvalue weighted by Crippen LogP contribution is 2.32. The van der Waals surface area contributed by atoms with Crippen LogP contribution in [0.1, 0.15) is 32.1 Å². The van der Waals surface area contributed by atoms with Crippen molar-refractivity contribution >= 4 is 38.5 Å². The molecule has 0 aliphatic carbocycles. The summed E-state index contributed by atoms with van der Waals surface area (Å²) in [5.74, 6) is -0.104. The first kappa shape index (κ1) is 19.1. The van der Waals surface area contributed by atoms with Crippen LogP contribution < -0.4 is 10.2 Å². The van der Waals surface area contributed by atoms with Crippen LogP contribution in [0.15, 0.2) is 18.2 Å². The zero-order valence-corrected chi connectivity index (χ0v) is 16.6. The summed E-state index contributed by atoms with van der Waals surface area (Å²) in [6, 6.07) is 4.99. The molecule has 0 saturated carbocycles. The van der Waals surface area contributed by atoms with Crippen LogP contribution in [0.4, 0.5) is 9.52 Å². The normalized spacial score (nSPS) is 20.2. The van der Waals surface area contributed by atoms with E-state index in [1.54, 1.807) is 6.07 Å². The number of carbonyl (C=O) groups excluding carboxylic acids is 2. The first-order valence-corrected chi connectivity index (χ1v) is 10.8. The number of hydrogen-bond donors (Lipinski definition) is 1. The van der Waals surface area contributed by atoms with Gasteiger partial charge in [0.1, 0.15) is 11.3 Å². The van der Waals surface area contributed by atoms with Crippen molar-refractivity contribution in [2.45, 2.75) is 32.1 Å². The van der Waals surface area contributed by atoms with Gasteiger partial charge < -0.3 is 15.1 Å². The second-order valence-electron chi connectivity index (χ2n) is 7.50. The Hall–Kier alpha value is -2.22. The van der Waals surface area contributed by atoms with E-state index in [2.05, 4.69) is 15.2 Å². The van der Waals surface area contributed by atoms with Gasteiger partial charge in [0, 0.05) is 39.1 Å². The number of amides is 2. The van der Waals surface area contributed by atoms with Crippen molar-refractivity contribution in [3.8, 4) is 0 Å². The topological polar surface area (TPSA) is 65.5 Å². The molecule has 2 aliphatic rings. The average molecular weight is 405 g/mol. The third-order valence-corrected chi connectivity index (χ3v) is 6.58. The summed E-state index contributed by atoms with van der Waals surface area (Å²) in [5.41, 5.74) is 0.408. The molecule has 4 rings (SSSR count). The van der Waals surface area contributed by atoms with E-state index in [-0.39, 0.29) is 23.5 Å². The number of fused-ring (bicyclic) bond motifs is 1. The molecule has 8 heteroatoms. The summed E-state index contributed by atoms with van der Waals surface area (Å²) >= 11 is 1.47. The predicted octanol–water partition coefficient (Wildman–Crippen LogP) is 2.78. The summed E-state index contributed by atoms with van der Waals surface area (Å²) in [7, 11) is 0. The van der Waals surface area contributed by atoms with Gasteiger partial charge in [0.2, 0.25) is 11.8 Å². The zero-order chi connectivity index (χ0) is 19.5. The van der Waals surface area contributed by atoms with Crippen molar-refractivity contribution in [1.82, 2.24) is 15.2 Å². The molecule has 2 saturated heterocycles. The number of carbonyl (C=O) groups is 2. The van der Waals surface area contributed by atoms with Crippen LogP contribution in [0.5, 0.6) is 0 Å². The van der Waals surface area contributed by atoms with Crippen LogP contribution in [-0.2, 0) is 9.59 Å². The number of aromatic nitrogens is 1. The number of likely N-dealkylation sites (tertiary alicyclic amines) is 1. The lowest BCUT2D eigenvalue weighted by molar-refractivity contribution is -0.127. The molecule has 2 amide bonds. The summed E-state index contributed by atoms with van der Waals surface area (Å²) < 4.78 is 14.7. The lowest BCUT2D eigenvalue weighted by atomic mass is 9.97. The molecule has 1 unspecified atom stereocenters. The fourth-order valence-electron chi connectivity index (χ4n) is 3.97. The monoisotopic (exact) mass is 404 g/mol. The SMILES string of the molecule is O=C(NCCCN1CCCC1=O)C1CCCN(c2nc3c(F)cccc3s2)C1. The second kappa shape index (κ2) is 8.43. The molecule has 1 aromatic carbocycles. The number of para-hydroxylation sites is 1. The molecule has 1 atom stereocenters. The van der Waals surface area contributed by atoms with Gasteiger partial charge in [0.15, 0.2) is 5.13 Å². The van der Waals surface area contributed by atoms with Crippen LogP contribution in [0, 0.1) is 11.7 Å². The largest absolute Gasteiger partial charge is 0.356 e. The van der Waals surface area contributed by atoms with Crippen LogP contribution in [-0.4, -0.2) is 54.4 Å². The van der Waals surface area contributed by atoms with E-state index in [1.807, 2.05) is 11.0 Å². The van der Waals surface area contributed by atoms with Crippen molar-refractivity contribution in [2.24, 2.45) is 5.92 Å². The molecule has 3 heterocycles. The summed E-state index contributed by atoms with van der Waals surface area (Å²) in [6.45, 7) is 3.59. The lowest BCUT2D eigenvalue weighted by Crippen LogP contribution is -2.43. The molecule has 6 nitrogen and oxygen atoms in total. The van der Waals surface area contributed by atoms with Gasteiger partial charge in [0.25, 0.3) is 0 Å². The average Bonchev–Trinajstić information content (AvgIpc) is 3.32.